The molecule has 5 nitrogen and oxygen atoms in total. The van der Waals surface area contributed by atoms with Crippen molar-refractivity contribution in [3.8, 4) is 28.1 Å². The molecular weight excluding hydrogens is 376 g/mol. The minimum Gasteiger partial charge on any atom is -0.497 e. The zero-order chi connectivity index (χ0) is 20.7. The molecule has 30 heavy (non-hydrogen) atoms. The number of pyridine rings is 1. The van der Waals surface area contributed by atoms with Gasteiger partial charge in [-0.1, -0.05) is 54.6 Å². The molecule has 0 aliphatic rings. The van der Waals surface area contributed by atoms with Gasteiger partial charge >= 0.3 is 5.97 Å². The molecule has 0 saturated carbocycles. The van der Waals surface area contributed by atoms with Crippen molar-refractivity contribution in [3.05, 3.63) is 84.6 Å². The molecule has 0 radical (unpaired) electrons. The number of methoxy groups -OCH3 is 1. The highest BCUT2D eigenvalue weighted by Gasteiger charge is 2.16. The molecule has 5 rings (SSSR count). The molecule has 0 aliphatic carbocycles. The van der Waals surface area contributed by atoms with E-state index in [-0.39, 0.29) is 5.69 Å². The molecular formula is C25H18N2O3. The van der Waals surface area contributed by atoms with E-state index in [1.807, 2.05) is 72.8 Å². The Morgan fingerprint density at radius 3 is 2.17 bits per heavy atom. The van der Waals surface area contributed by atoms with E-state index in [2.05, 4.69) is 9.97 Å². The van der Waals surface area contributed by atoms with E-state index < -0.39 is 5.97 Å². The quantitative estimate of drug-likeness (QED) is 0.407. The van der Waals surface area contributed by atoms with Gasteiger partial charge in [0.05, 0.1) is 18.3 Å². The SMILES string of the molecule is COc1ccc(-c2ccc(-c3nc(C(=O)O)cc4c3[nH]c3ccccc34)cc2)cc1. The molecule has 0 spiro atoms. The lowest BCUT2D eigenvalue weighted by Gasteiger charge is -2.08. The van der Waals surface area contributed by atoms with E-state index in [1.165, 1.54) is 0 Å². The molecule has 2 N–H and O–H groups in total. The van der Waals surface area contributed by atoms with Crippen LogP contribution in [-0.2, 0) is 0 Å². The molecule has 2 aromatic heterocycles. The molecule has 2 heterocycles. The highest BCUT2D eigenvalue weighted by molar-refractivity contribution is 6.12. The lowest BCUT2D eigenvalue weighted by Crippen LogP contribution is -2.01. The van der Waals surface area contributed by atoms with Crippen LogP contribution in [0.4, 0.5) is 0 Å². The highest BCUT2D eigenvalue weighted by Crippen LogP contribution is 2.33. The maximum atomic E-state index is 11.7. The Morgan fingerprint density at radius 2 is 1.50 bits per heavy atom. The number of ether oxygens (including phenoxy) is 1. The zero-order valence-electron chi connectivity index (χ0n) is 16.2. The fourth-order valence-corrected chi connectivity index (χ4v) is 3.77. The average Bonchev–Trinajstić information content (AvgIpc) is 3.17. The Balaban J connectivity index is 1.65. The second kappa shape index (κ2) is 7.04. The molecule has 0 bridgehead atoms. The van der Waals surface area contributed by atoms with Gasteiger partial charge in [0, 0.05) is 21.9 Å². The van der Waals surface area contributed by atoms with Gasteiger partial charge in [0.1, 0.15) is 11.4 Å². The summed E-state index contributed by atoms with van der Waals surface area (Å²) in [4.78, 5) is 19.5. The van der Waals surface area contributed by atoms with Crippen molar-refractivity contribution >= 4 is 27.8 Å². The normalized spacial score (nSPS) is 11.1. The molecule has 0 unspecified atom stereocenters. The number of nitrogens with one attached hydrogen (secondary N) is 1. The van der Waals surface area contributed by atoms with Gasteiger partial charge in [-0.25, -0.2) is 9.78 Å². The van der Waals surface area contributed by atoms with Crippen LogP contribution in [0.2, 0.25) is 0 Å². The summed E-state index contributed by atoms with van der Waals surface area (Å²) >= 11 is 0. The fourth-order valence-electron chi connectivity index (χ4n) is 3.77. The number of H-pyrrole nitrogens is 1. The first-order valence-electron chi connectivity index (χ1n) is 9.53. The van der Waals surface area contributed by atoms with E-state index in [0.717, 1.165) is 44.2 Å². The number of fused-ring (bicyclic) bond motifs is 3. The molecule has 0 amide bonds. The van der Waals surface area contributed by atoms with Crippen molar-refractivity contribution < 1.29 is 14.6 Å². The summed E-state index contributed by atoms with van der Waals surface area (Å²) in [7, 11) is 1.65. The van der Waals surface area contributed by atoms with Crippen molar-refractivity contribution in [1.82, 2.24) is 9.97 Å². The minimum atomic E-state index is -1.04. The van der Waals surface area contributed by atoms with Crippen LogP contribution in [0.15, 0.2) is 78.9 Å². The molecule has 146 valence electrons. The van der Waals surface area contributed by atoms with Crippen molar-refractivity contribution in [2.24, 2.45) is 0 Å². The molecule has 0 fully saturated rings. The summed E-state index contributed by atoms with van der Waals surface area (Å²) in [5, 5.41) is 11.4. The summed E-state index contributed by atoms with van der Waals surface area (Å²) in [5.41, 5.74) is 5.43. The van der Waals surface area contributed by atoms with Crippen LogP contribution >= 0.6 is 0 Å². The van der Waals surface area contributed by atoms with Gasteiger partial charge in [0.25, 0.3) is 0 Å². The van der Waals surface area contributed by atoms with Gasteiger partial charge in [-0.3, -0.25) is 0 Å². The van der Waals surface area contributed by atoms with Crippen molar-refractivity contribution in [2.75, 3.05) is 7.11 Å². The van der Waals surface area contributed by atoms with E-state index in [9.17, 15) is 9.90 Å². The maximum absolute atomic E-state index is 11.7. The number of rotatable bonds is 4. The summed E-state index contributed by atoms with van der Waals surface area (Å²) in [6, 6.07) is 25.3. The Hall–Kier alpha value is -4.12. The topological polar surface area (TPSA) is 75.2 Å². The number of aromatic carboxylic acids is 1. The van der Waals surface area contributed by atoms with E-state index in [4.69, 9.17) is 4.74 Å². The Labute approximate surface area is 172 Å². The predicted molar refractivity (Wildman–Crippen MR) is 118 cm³/mol. The van der Waals surface area contributed by atoms with Gasteiger partial charge in [0.15, 0.2) is 0 Å². The number of benzene rings is 3. The standard InChI is InChI=1S/C25H18N2O3/c1-30-18-12-10-16(11-13-18)15-6-8-17(9-7-15)23-24-20(14-22(27-23)25(28)29)19-4-2-3-5-21(19)26-24/h2-14,26H,1H3,(H,28,29). The van der Waals surface area contributed by atoms with Gasteiger partial charge < -0.3 is 14.8 Å². The van der Waals surface area contributed by atoms with Gasteiger partial charge in [-0.15, -0.1) is 0 Å². The number of carboxylic acids is 1. The number of hydrogen-bond donors (Lipinski definition) is 2. The zero-order valence-corrected chi connectivity index (χ0v) is 16.2. The maximum Gasteiger partial charge on any atom is 0.354 e. The monoisotopic (exact) mass is 394 g/mol. The number of aromatic nitrogens is 2. The third-order valence-electron chi connectivity index (χ3n) is 5.30. The third kappa shape index (κ3) is 2.97. The third-order valence-corrected chi connectivity index (χ3v) is 5.30. The Kier molecular flexibility index (Phi) is 4.21. The van der Waals surface area contributed by atoms with Crippen LogP contribution in [0.25, 0.3) is 44.2 Å². The van der Waals surface area contributed by atoms with Gasteiger partial charge in [-0.05, 0) is 35.4 Å². The van der Waals surface area contributed by atoms with Crippen molar-refractivity contribution in [2.45, 2.75) is 0 Å². The van der Waals surface area contributed by atoms with E-state index in [0.29, 0.717) is 5.69 Å². The van der Waals surface area contributed by atoms with Gasteiger partial charge in [0.2, 0.25) is 0 Å². The van der Waals surface area contributed by atoms with Crippen LogP contribution in [-0.4, -0.2) is 28.2 Å². The number of carbonyl (C=O) groups is 1. The molecule has 5 heteroatoms. The second-order valence-corrected chi connectivity index (χ2v) is 7.06. The number of nitrogens with zero attached hydrogens (tertiary/aromatic N) is 1. The fraction of sp³-hybridized carbons (Fsp3) is 0.0400. The largest absolute Gasteiger partial charge is 0.497 e. The number of hydrogen-bond acceptors (Lipinski definition) is 3. The average molecular weight is 394 g/mol. The Bertz CT molecular complexity index is 1380. The first kappa shape index (κ1) is 17.9. The lowest BCUT2D eigenvalue weighted by molar-refractivity contribution is 0.0691. The van der Waals surface area contributed by atoms with E-state index >= 15 is 0 Å². The van der Waals surface area contributed by atoms with Crippen molar-refractivity contribution in [1.29, 1.82) is 0 Å². The summed E-state index contributed by atoms with van der Waals surface area (Å²) in [5.74, 6) is -0.232. The minimum absolute atomic E-state index is 0.0292. The summed E-state index contributed by atoms with van der Waals surface area (Å²) < 4.78 is 5.22. The number of para-hydroxylation sites is 1. The molecule has 3 aromatic carbocycles. The molecule has 5 aromatic rings. The number of aromatic amines is 1. The number of carboxylic acid groups (broad SMARTS) is 1. The van der Waals surface area contributed by atoms with Gasteiger partial charge in [-0.2, -0.15) is 0 Å². The van der Waals surface area contributed by atoms with Crippen LogP contribution in [0.5, 0.6) is 5.75 Å². The molecule has 0 atom stereocenters. The van der Waals surface area contributed by atoms with Crippen molar-refractivity contribution in [3.63, 3.8) is 0 Å². The Morgan fingerprint density at radius 1 is 0.867 bits per heavy atom. The van der Waals surface area contributed by atoms with Crippen LogP contribution in [0.1, 0.15) is 10.5 Å². The summed E-state index contributed by atoms with van der Waals surface area (Å²) in [6.45, 7) is 0. The first-order chi connectivity index (χ1) is 14.6. The summed E-state index contributed by atoms with van der Waals surface area (Å²) in [6.07, 6.45) is 0. The predicted octanol–water partition coefficient (Wildman–Crippen LogP) is 5.76. The van der Waals surface area contributed by atoms with Crippen LogP contribution in [0.3, 0.4) is 0 Å². The molecule has 0 saturated heterocycles. The molecule has 0 aliphatic heterocycles. The van der Waals surface area contributed by atoms with Crippen LogP contribution < -0.4 is 4.74 Å². The lowest BCUT2D eigenvalue weighted by atomic mass is 10.0. The highest BCUT2D eigenvalue weighted by atomic mass is 16.5. The smallest absolute Gasteiger partial charge is 0.354 e. The second-order valence-electron chi connectivity index (χ2n) is 7.06. The van der Waals surface area contributed by atoms with Crippen LogP contribution in [0, 0.1) is 0 Å². The first-order valence-corrected chi connectivity index (χ1v) is 9.53. The van der Waals surface area contributed by atoms with E-state index in [1.54, 1.807) is 13.2 Å².